The number of halogens is 3. The SMILES string of the molecule is CCCCOCCCNc1ccc(C(F)(F)F)cc1C#N. The number of ether oxygens (including phenoxy) is 1. The lowest BCUT2D eigenvalue weighted by Crippen LogP contribution is -2.09. The van der Waals surface area contributed by atoms with Gasteiger partial charge in [-0.15, -0.1) is 0 Å². The third-order valence-corrected chi connectivity index (χ3v) is 2.89. The second-order valence-electron chi connectivity index (χ2n) is 4.62. The maximum absolute atomic E-state index is 12.5. The molecule has 0 aromatic heterocycles. The number of benzene rings is 1. The minimum Gasteiger partial charge on any atom is -0.384 e. The predicted molar refractivity (Wildman–Crippen MR) is 75.0 cm³/mol. The molecule has 0 spiro atoms. The minimum atomic E-state index is -4.43. The monoisotopic (exact) mass is 300 g/mol. The fraction of sp³-hybridized carbons (Fsp3) is 0.533. The highest BCUT2D eigenvalue weighted by Gasteiger charge is 2.30. The van der Waals surface area contributed by atoms with Gasteiger partial charge in [-0.25, -0.2) is 0 Å². The maximum atomic E-state index is 12.5. The van der Waals surface area contributed by atoms with Crippen molar-refractivity contribution in [3.8, 4) is 6.07 Å². The number of nitrogens with zero attached hydrogens (tertiary/aromatic N) is 1. The maximum Gasteiger partial charge on any atom is 0.416 e. The van der Waals surface area contributed by atoms with Crippen molar-refractivity contribution in [1.82, 2.24) is 0 Å². The van der Waals surface area contributed by atoms with Crippen LogP contribution in [0.1, 0.15) is 37.3 Å². The molecule has 0 saturated carbocycles. The van der Waals surface area contributed by atoms with E-state index in [-0.39, 0.29) is 5.56 Å². The first-order valence-electron chi connectivity index (χ1n) is 6.92. The largest absolute Gasteiger partial charge is 0.416 e. The highest BCUT2D eigenvalue weighted by Crippen LogP contribution is 2.31. The molecule has 0 atom stereocenters. The van der Waals surface area contributed by atoms with Crippen molar-refractivity contribution in [3.05, 3.63) is 29.3 Å². The molecule has 0 bridgehead atoms. The number of alkyl halides is 3. The zero-order valence-electron chi connectivity index (χ0n) is 12.0. The van der Waals surface area contributed by atoms with Gasteiger partial charge in [-0.2, -0.15) is 18.4 Å². The molecule has 0 amide bonds. The van der Waals surface area contributed by atoms with Crippen LogP contribution >= 0.6 is 0 Å². The molecule has 1 rings (SSSR count). The lowest BCUT2D eigenvalue weighted by Gasteiger charge is -2.11. The average Bonchev–Trinajstić information content (AvgIpc) is 2.45. The first kappa shape index (κ1) is 17.3. The van der Waals surface area contributed by atoms with Crippen LogP contribution in [0, 0.1) is 11.3 Å². The van der Waals surface area contributed by atoms with E-state index in [0.29, 0.717) is 18.8 Å². The fourth-order valence-corrected chi connectivity index (χ4v) is 1.71. The van der Waals surface area contributed by atoms with Crippen molar-refractivity contribution in [2.75, 3.05) is 25.1 Å². The van der Waals surface area contributed by atoms with Gasteiger partial charge in [0, 0.05) is 19.8 Å². The summed E-state index contributed by atoms with van der Waals surface area (Å²) in [6.07, 6.45) is -1.60. The summed E-state index contributed by atoms with van der Waals surface area (Å²) >= 11 is 0. The van der Waals surface area contributed by atoms with E-state index in [1.165, 1.54) is 6.07 Å². The van der Waals surface area contributed by atoms with E-state index in [4.69, 9.17) is 10.00 Å². The Morgan fingerprint density at radius 2 is 1.95 bits per heavy atom. The molecule has 1 aromatic carbocycles. The first-order chi connectivity index (χ1) is 9.99. The zero-order chi connectivity index (χ0) is 15.7. The Morgan fingerprint density at radius 3 is 2.57 bits per heavy atom. The third kappa shape index (κ3) is 6.05. The van der Waals surface area contributed by atoms with Crippen molar-refractivity contribution in [3.63, 3.8) is 0 Å². The van der Waals surface area contributed by atoms with Gasteiger partial charge in [0.05, 0.1) is 16.8 Å². The molecular formula is C15H19F3N2O. The van der Waals surface area contributed by atoms with Gasteiger partial charge >= 0.3 is 6.18 Å². The molecule has 21 heavy (non-hydrogen) atoms. The van der Waals surface area contributed by atoms with Crippen LogP contribution in [0.15, 0.2) is 18.2 Å². The van der Waals surface area contributed by atoms with Gasteiger partial charge in [0.2, 0.25) is 0 Å². The first-order valence-corrected chi connectivity index (χ1v) is 6.92. The van der Waals surface area contributed by atoms with Crippen LogP contribution in [0.2, 0.25) is 0 Å². The zero-order valence-corrected chi connectivity index (χ0v) is 12.0. The Labute approximate surface area is 122 Å². The van der Waals surface area contributed by atoms with Crippen LogP contribution in [-0.2, 0) is 10.9 Å². The molecule has 0 radical (unpaired) electrons. The van der Waals surface area contributed by atoms with Gasteiger partial charge in [-0.1, -0.05) is 13.3 Å². The molecule has 116 valence electrons. The summed E-state index contributed by atoms with van der Waals surface area (Å²) in [6, 6.07) is 4.91. The molecule has 6 heteroatoms. The Morgan fingerprint density at radius 1 is 1.24 bits per heavy atom. The third-order valence-electron chi connectivity index (χ3n) is 2.89. The summed E-state index contributed by atoms with van der Waals surface area (Å²) in [4.78, 5) is 0. The van der Waals surface area contributed by atoms with E-state index < -0.39 is 11.7 Å². The topological polar surface area (TPSA) is 45.0 Å². The Kier molecular flexibility index (Phi) is 7.03. The summed E-state index contributed by atoms with van der Waals surface area (Å²) in [6.45, 7) is 3.95. The van der Waals surface area contributed by atoms with E-state index in [1.807, 2.05) is 0 Å². The molecule has 1 N–H and O–H groups in total. The second-order valence-corrected chi connectivity index (χ2v) is 4.62. The van der Waals surface area contributed by atoms with E-state index in [2.05, 4.69) is 12.2 Å². The molecule has 0 saturated heterocycles. The van der Waals surface area contributed by atoms with Crippen molar-refractivity contribution < 1.29 is 17.9 Å². The normalized spacial score (nSPS) is 11.2. The number of hydrogen-bond acceptors (Lipinski definition) is 3. The second kappa shape index (κ2) is 8.53. The molecule has 0 aliphatic carbocycles. The number of unbranched alkanes of at least 4 members (excludes halogenated alkanes) is 1. The predicted octanol–water partition coefficient (Wildman–Crippen LogP) is 4.20. The van der Waals surface area contributed by atoms with Crippen molar-refractivity contribution in [1.29, 1.82) is 5.26 Å². The molecule has 0 fully saturated rings. The standard InChI is InChI=1S/C15H19F3N2O/c1-2-3-8-21-9-4-7-20-14-6-5-13(15(16,17)18)10-12(14)11-19/h5-6,10,20H,2-4,7-9H2,1H3. The average molecular weight is 300 g/mol. The van der Waals surface area contributed by atoms with Crippen LogP contribution in [0.4, 0.5) is 18.9 Å². The molecule has 0 aliphatic rings. The summed E-state index contributed by atoms with van der Waals surface area (Å²) in [7, 11) is 0. The van der Waals surface area contributed by atoms with Crippen LogP contribution in [0.5, 0.6) is 0 Å². The van der Waals surface area contributed by atoms with Crippen LogP contribution < -0.4 is 5.32 Å². The van der Waals surface area contributed by atoms with Gasteiger partial charge < -0.3 is 10.1 Å². The molecule has 0 heterocycles. The lowest BCUT2D eigenvalue weighted by molar-refractivity contribution is -0.137. The van der Waals surface area contributed by atoms with Gasteiger partial charge in [0.25, 0.3) is 0 Å². The van der Waals surface area contributed by atoms with Crippen molar-refractivity contribution in [2.45, 2.75) is 32.4 Å². The van der Waals surface area contributed by atoms with Crippen molar-refractivity contribution in [2.24, 2.45) is 0 Å². The number of anilines is 1. The van der Waals surface area contributed by atoms with Crippen LogP contribution in [-0.4, -0.2) is 19.8 Å². The van der Waals surface area contributed by atoms with Gasteiger partial charge in [-0.05, 0) is 31.0 Å². The smallest absolute Gasteiger partial charge is 0.384 e. The summed E-state index contributed by atoms with van der Waals surface area (Å²) in [5, 5.41) is 11.9. The molecule has 3 nitrogen and oxygen atoms in total. The number of nitrogens with one attached hydrogen (secondary N) is 1. The molecule has 1 aromatic rings. The van der Waals surface area contributed by atoms with E-state index in [1.54, 1.807) is 6.07 Å². The minimum absolute atomic E-state index is 0.00303. The number of nitriles is 1. The molecule has 0 unspecified atom stereocenters. The Bertz CT molecular complexity index is 481. The number of hydrogen-bond donors (Lipinski definition) is 1. The van der Waals surface area contributed by atoms with Crippen LogP contribution in [0.25, 0.3) is 0 Å². The van der Waals surface area contributed by atoms with Gasteiger partial charge in [-0.3, -0.25) is 0 Å². The fourth-order valence-electron chi connectivity index (χ4n) is 1.71. The quantitative estimate of drug-likeness (QED) is 0.732. The Hall–Kier alpha value is -1.74. The van der Waals surface area contributed by atoms with Crippen LogP contribution in [0.3, 0.4) is 0 Å². The van der Waals surface area contributed by atoms with Gasteiger partial charge in [0.15, 0.2) is 0 Å². The van der Waals surface area contributed by atoms with E-state index >= 15 is 0 Å². The number of rotatable bonds is 8. The lowest BCUT2D eigenvalue weighted by atomic mass is 10.1. The summed E-state index contributed by atoms with van der Waals surface area (Å²) in [5.41, 5.74) is -0.400. The molecule has 0 aliphatic heterocycles. The summed E-state index contributed by atoms with van der Waals surface area (Å²) < 4.78 is 43.0. The van der Waals surface area contributed by atoms with E-state index in [0.717, 1.165) is 38.0 Å². The van der Waals surface area contributed by atoms with Crippen molar-refractivity contribution >= 4 is 5.69 Å². The summed E-state index contributed by atoms with van der Waals surface area (Å²) in [5.74, 6) is 0. The molecular weight excluding hydrogens is 281 g/mol. The highest BCUT2D eigenvalue weighted by molar-refractivity contribution is 5.58. The van der Waals surface area contributed by atoms with E-state index in [9.17, 15) is 13.2 Å². The van der Waals surface area contributed by atoms with Gasteiger partial charge in [0.1, 0.15) is 6.07 Å². The Balaban J connectivity index is 2.47. The highest BCUT2D eigenvalue weighted by atomic mass is 19.4.